The van der Waals surface area contributed by atoms with Crippen LogP contribution in [0.25, 0.3) is 0 Å². The Morgan fingerprint density at radius 2 is 1.85 bits per heavy atom. The summed E-state index contributed by atoms with van der Waals surface area (Å²) in [4.78, 5) is 23.2. The minimum absolute atomic E-state index is 0.384. The quantitative estimate of drug-likeness (QED) is 0.568. The summed E-state index contributed by atoms with van der Waals surface area (Å²) in [6, 6.07) is 3.18. The SMILES string of the molecule is CC(C)=CCCC1=CCC(C(=O)C#N)C(C(=O)C#N)C1. The smallest absolute Gasteiger partial charge is 0.236 e. The number of hydrogen-bond acceptors (Lipinski definition) is 4. The summed E-state index contributed by atoms with van der Waals surface area (Å²) in [5.74, 6) is -2.50. The molecule has 0 aromatic heterocycles. The zero-order valence-corrected chi connectivity index (χ0v) is 11.8. The fourth-order valence-corrected chi connectivity index (χ4v) is 2.45. The van der Waals surface area contributed by atoms with E-state index in [1.54, 1.807) is 12.1 Å². The lowest BCUT2D eigenvalue weighted by molar-refractivity contribution is -0.126. The van der Waals surface area contributed by atoms with E-state index in [9.17, 15) is 9.59 Å². The third-order valence-electron chi connectivity index (χ3n) is 3.54. The summed E-state index contributed by atoms with van der Waals surface area (Å²) >= 11 is 0. The topological polar surface area (TPSA) is 81.7 Å². The number of nitriles is 2. The third kappa shape index (κ3) is 4.17. The van der Waals surface area contributed by atoms with E-state index < -0.39 is 23.4 Å². The van der Waals surface area contributed by atoms with Gasteiger partial charge in [-0.3, -0.25) is 9.59 Å². The van der Waals surface area contributed by atoms with Gasteiger partial charge in [-0.05, 0) is 39.5 Å². The molecule has 2 atom stereocenters. The number of carbonyl (C=O) groups excluding carboxylic acids is 2. The van der Waals surface area contributed by atoms with Crippen molar-refractivity contribution in [3.8, 4) is 12.1 Å². The number of Topliss-reactive ketones (excluding diaryl/α,β-unsaturated/α-hetero) is 2. The molecule has 4 heteroatoms. The Balaban J connectivity index is 2.81. The summed E-state index contributed by atoms with van der Waals surface area (Å²) in [7, 11) is 0. The highest BCUT2D eigenvalue weighted by Crippen LogP contribution is 2.33. The van der Waals surface area contributed by atoms with Crippen LogP contribution >= 0.6 is 0 Å². The average Bonchev–Trinajstić information content (AvgIpc) is 2.45. The molecule has 0 heterocycles. The zero-order chi connectivity index (χ0) is 15.1. The van der Waals surface area contributed by atoms with Crippen molar-refractivity contribution in [3.63, 3.8) is 0 Å². The summed E-state index contributed by atoms with van der Waals surface area (Å²) in [6.07, 6.45) is 6.58. The number of carbonyl (C=O) groups is 2. The van der Waals surface area contributed by atoms with Crippen molar-refractivity contribution in [2.45, 2.75) is 39.5 Å². The Hall–Kier alpha value is -2.20. The maximum absolute atomic E-state index is 11.7. The van der Waals surface area contributed by atoms with Crippen molar-refractivity contribution in [3.05, 3.63) is 23.3 Å². The lowest BCUT2D eigenvalue weighted by atomic mass is 9.75. The van der Waals surface area contributed by atoms with Gasteiger partial charge in [-0.1, -0.05) is 23.3 Å². The highest BCUT2D eigenvalue weighted by Gasteiger charge is 2.35. The van der Waals surface area contributed by atoms with E-state index in [4.69, 9.17) is 10.5 Å². The molecular weight excluding hydrogens is 252 g/mol. The first-order chi connectivity index (χ1) is 9.49. The van der Waals surface area contributed by atoms with E-state index in [0.717, 1.165) is 18.4 Å². The van der Waals surface area contributed by atoms with Crippen molar-refractivity contribution in [1.29, 1.82) is 10.5 Å². The first kappa shape index (κ1) is 15.9. The van der Waals surface area contributed by atoms with Crippen LogP contribution < -0.4 is 0 Å². The van der Waals surface area contributed by atoms with E-state index >= 15 is 0 Å². The molecule has 0 radical (unpaired) electrons. The van der Waals surface area contributed by atoms with Crippen LogP contribution in [-0.4, -0.2) is 11.6 Å². The largest absolute Gasteiger partial charge is 0.282 e. The third-order valence-corrected chi connectivity index (χ3v) is 3.54. The van der Waals surface area contributed by atoms with Gasteiger partial charge in [-0.15, -0.1) is 0 Å². The zero-order valence-electron chi connectivity index (χ0n) is 11.8. The average molecular weight is 270 g/mol. The number of rotatable bonds is 5. The van der Waals surface area contributed by atoms with Crippen molar-refractivity contribution in [2.75, 3.05) is 0 Å². The normalized spacial score (nSPS) is 21.1. The van der Waals surface area contributed by atoms with Gasteiger partial charge in [0, 0.05) is 11.8 Å². The Morgan fingerprint density at radius 1 is 1.25 bits per heavy atom. The molecule has 104 valence electrons. The van der Waals surface area contributed by atoms with Crippen LogP contribution in [0.2, 0.25) is 0 Å². The van der Waals surface area contributed by atoms with E-state index in [1.807, 2.05) is 19.9 Å². The number of hydrogen-bond donors (Lipinski definition) is 0. The highest BCUT2D eigenvalue weighted by molar-refractivity contribution is 6.03. The highest BCUT2D eigenvalue weighted by atomic mass is 16.1. The molecule has 0 aromatic rings. The van der Waals surface area contributed by atoms with Crippen LogP contribution in [0.5, 0.6) is 0 Å². The molecule has 0 saturated heterocycles. The van der Waals surface area contributed by atoms with Gasteiger partial charge in [0.15, 0.2) is 0 Å². The van der Waals surface area contributed by atoms with Crippen LogP contribution in [0.1, 0.15) is 39.5 Å². The Labute approximate surface area is 119 Å². The summed E-state index contributed by atoms with van der Waals surface area (Å²) in [6.45, 7) is 4.05. The van der Waals surface area contributed by atoms with E-state index in [-0.39, 0.29) is 0 Å². The van der Waals surface area contributed by atoms with Gasteiger partial charge in [0.05, 0.1) is 0 Å². The Kier molecular flexibility index (Phi) is 5.87. The second kappa shape index (κ2) is 7.40. The summed E-state index contributed by atoms with van der Waals surface area (Å²) in [5, 5.41) is 17.5. The molecular formula is C16H18N2O2. The molecule has 0 saturated carbocycles. The van der Waals surface area contributed by atoms with Crippen LogP contribution in [-0.2, 0) is 9.59 Å². The standard InChI is InChI=1S/C16H18N2O2/c1-11(2)4-3-5-12-6-7-13(15(19)9-17)14(8-12)16(20)10-18/h4,6,13-14H,3,5,7-8H2,1-2H3. The number of nitrogens with zero attached hydrogens (tertiary/aromatic N) is 2. The molecule has 0 N–H and O–H groups in total. The Morgan fingerprint density at radius 3 is 2.40 bits per heavy atom. The van der Waals surface area contributed by atoms with Crippen LogP contribution in [0, 0.1) is 34.5 Å². The second-order valence-electron chi connectivity index (χ2n) is 5.29. The molecule has 0 bridgehead atoms. The first-order valence-electron chi connectivity index (χ1n) is 6.68. The van der Waals surface area contributed by atoms with Gasteiger partial charge >= 0.3 is 0 Å². The van der Waals surface area contributed by atoms with E-state index in [0.29, 0.717) is 12.8 Å². The molecule has 20 heavy (non-hydrogen) atoms. The molecule has 1 aliphatic carbocycles. The maximum atomic E-state index is 11.7. The van der Waals surface area contributed by atoms with Gasteiger partial charge < -0.3 is 0 Å². The van der Waals surface area contributed by atoms with E-state index in [1.165, 1.54) is 5.57 Å². The van der Waals surface area contributed by atoms with Crippen LogP contribution in [0.15, 0.2) is 23.3 Å². The number of allylic oxidation sites excluding steroid dienone is 4. The molecule has 2 unspecified atom stereocenters. The molecule has 0 aromatic carbocycles. The van der Waals surface area contributed by atoms with Crippen molar-refractivity contribution < 1.29 is 9.59 Å². The van der Waals surface area contributed by atoms with Gasteiger partial charge in [-0.25, -0.2) is 0 Å². The minimum Gasteiger partial charge on any atom is -0.282 e. The van der Waals surface area contributed by atoms with Crippen molar-refractivity contribution in [1.82, 2.24) is 0 Å². The predicted octanol–water partition coefficient (Wildman–Crippen LogP) is 2.87. The van der Waals surface area contributed by atoms with Gasteiger partial charge in [-0.2, -0.15) is 10.5 Å². The predicted molar refractivity (Wildman–Crippen MR) is 74.2 cm³/mol. The lowest BCUT2D eigenvalue weighted by Crippen LogP contribution is -2.31. The number of ketones is 2. The molecule has 0 fully saturated rings. The fourth-order valence-electron chi connectivity index (χ4n) is 2.45. The Bertz CT molecular complexity index is 540. The van der Waals surface area contributed by atoms with E-state index in [2.05, 4.69) is 6.08 Å². The van der Waals surface area contributed by atoms with Gasteiger partial charge in [0.25, 0.3) is 0 Å². The maximum Gasteiger partial charge on any atom is 0.236 e. The van der Waals surface area contributed by atoms with Crippen molar-refractivity contribution >= 4 is 11.6 Å². The molecule has 0 amide bonds. The molecule has 1 aliphatic rings. The summed E-state index contributed by atoms with van der Waals surface area (Å²) < 4.78 is 0. The fraction of sp³-hybridized carbons (Fsp3) is 0.500. The monoisotopic (exact) mass is 270 g/mol. The molecule has 0 spiro atoms. The summed E-state index contributed by atoms with van der Waals surface area (Å²) in [5.41, 5.74) is 2.33. The first-order valence-corrected chi connectivity index (χ1v) is 6.68. The minimum atomic E-state index is -0.654. The van der Waals surface area contributed by atoms with Gasteiger partial charge in [0.2, 0.25) is 11.6 Å². The van der Waals surface area contributed by atoms with Crippen LogP contribution in [0.3, 0.4) is 0 Å². The molecule has 0 aliphatic heterocycles. The van der Waals surface area contributed by atoms with Crippen molar-refractivity contribution in [2.24, 2.45) is 11.8 Å². The van der Waals surface area contributed by atoms with Crippen LogP contribution in [0.4, 0.5) is 0 Å². The molecule has 4 nitrogen and oxygen atoms in total. The second-order valence-corrected chi connectivity index (χ2v) is 5.29. The molecule has 1 rings (SSSR count). The van der Waals surface area contributed by atoms with Gasteiger partial charge in [0.1, 0.15) is 12.1 Å². The lowest BCUT2D eigenvalue weighted by Gasteiger charge is -2.26.